The van der Waals surface area contributed by atoms with Crippen LogP contribution >= 0.6 is 0 Å². The van der Waals surface area contributed by atoms with E-state index in [2.05, 4.69) is 15.4 Å². The minimum atomic E-state index is -1.02. The molecule has 1 amide bonds. The molecular weight excluding hydrogens is 224 g/mol. The Balaban J connectivity index is 2.40. The van der Waals surface area contributed by atoms with Crippen LogP contribution in [0.1, 0.15) is 20.3 Å². The Hall–Kier alpha value is -1.92. The maximum atomic E-state index is 11.5. The van der Waals surface area contributed by atoms with Crippen LogP contribution in [0, 0.1) is 5.92 Å². The molecule has 2 N–H and O–H groups in total. The Kier molecular flexibility index (Phi) is 4.62. The van der Waals surface area contributed by atoms with Gasteiger partial charge in [-0.3, -0.25) is 9.48 Å². The van der Waals surface area contributed by atoms with Crippen LogP contribution in [0.5, 0.6) is 0 Å². The van der Waals surface area contributed by atoms with Gasteiger partial charge >= 0.3 is 5.97 Å². The Bertz CT molecular complexity index is 375. The van der Waals surface area contributed by atoms with Crippen LogP contribution in [0.25, 0.3) is 0 Å². The molecule has 0 saturated carbocycles. The lowest BCUT2D eigenvalue weighted by Gasteiger charge is -2.17. The first-order valence-corrected chi connectivity index (χ1v) is 5.35. The number of rotatable bonds is 6. The smallest absolute Gasteiger partial charge is 0.326 e. The first-order chi connectivity index (χ1) is 8.00. The van der Waals surface area contributed by atoms with E-state index < -0.39 is 12.0 Å². The van der Waals surface area contributed by atoms with Crippen LogP contribution in [0.15, 0.2) is 12.7 Å². The van der Waals surface area contributed by atoms with Gasteiger partial charge in [-0.2, -0.15) is 5.10 Å². The zero-order valence-electron chi connectivity index (χ0n) is 9.83. The second-order valence-corrected chi connectivity index (χ2v) is 4.04. The van der Waals surface area contributed by atoms with Gasteiger partial charge in [-0.1, -0.05) is 13.8 Å². The van der Waals surface area contributed by atoms with E-state index in [4.69, 9.17) is 5.11 Å². The molecule has 1 heterocycles. The van der Waals surface area contributed by atoms with Gasteiger partial charge in [0.1, 0.15) is 18.7 Å². The molecule has 0 aliphatic rings. The quantitative estimate of drug-likeness (QED) is 0.723. The van der Waals surface area contributed by atoms with Gasteiger partial charge in [0, 0.05) is 6.42 Å². The van der Waals surface area contributed by atoms with Crippen LogP contribution in [-0.2, 0) is 16.1 Å². The first-order valence-electron chi connectivity index (χ1n) is 5.35. The van der Waals surface area contributed by atoms with Crippen molar-refractivity contribution >= 4 is 11.9 Å². The van der Waals surface area contributed by atoms with Crippen molar-refractivity contribution in [2.75, 3.05) is 0 Å². The predicted molar refractivity (Wildman–Crippen MR) is 59.0 cm³/mol. The van der Waals surface area contributed by atoms with E-state index in [1.807, 2.05) is 0 Å². The molecule has 7 nitrogen and oxygen atoms in total. The predicted octanol–water partition coefficient (Wildman–Crippen LogP) is -0.106. The monoisotopic (exact) mass is 240 g/mol. The molecular formula is C10H16N4O3. The van der Waals surface area contributed by atoms with Gasteiger partial charge in [0.2, 0.25) is 5.91 Å². The second-order valence-electron chi connectivity index (χ2n) is 4.04. The molecule has 0 aliphatic carbocycles. The summed E-state index contributed by atoms with van der Waals surface area (Å²) in [5, 5.41) is 15.2. The zero-order valence-corrected chi connectivity index (χ0v) is 9.83. The third kappa shape index (κ3) is 4.21. The fourth-order valence-electron chi connectivity index (χ4n) is 1.32. The van der Waals surface area contributed by atoms with Crippen molar-refractivity contribution in [1.82, 2.24) is 20.1 Å². The van der Waals surface area contributed by atoms with Crippen LogP contribution in [0.2, 0.25) is 0 Å². The van der Waals surface area contributed by atoms with Crippen molar-refractivity contribution in [3.05, 3.63) is 12.7 Å². The van der Waals surface area contributed by atoms with Gasteiger partial charge in [0.05, 0.1) is 6.54 Å². The summed E-state index contributed by atoms with van der Waals surface area (Å²) >= 11 is 0. The molecule has 0 fully saturated rings. The summed E-state index contributed by atoms with van der Waals surface area (Å²) in [6, 6.07) is -0.849. The Labute approximate surface area is 98.8 Å². The second kappa shape index (κ2) is 5.97. The van der Waals surface area contributed by atoms with Gasteiger partial charge < -0.3 is 10.4 Å². The Morgan fingerprint density at radius 2 is 2.18 bits per heavy atom. The number of aryl methyl sites for hydroxylation is 1. The fraction of sp³-hybridized carbons (Fsp3) is 0.600. The molecule has 0 radical (unpaired) electrons. The summed E-state index contributed by atoms with van der Waals surface area (Å²) in [6.45, 7) is 3.88. The van der Waals surface area contributed by atoms with Gasteiger partial charge in [0.15, 0.2) is 0 Å². The number of amides is 1. The summed E-state index contributed by atoms with van der Waals surface area (Å²) in [6.07, 6.45) is 3.07. The Morgan fingerprint density at radius 3 is 2.65 bits per heavy atom. The lowest BCUT2D eigenvalue weighted by atomic mass is 10.0. The van der Waals surface area contributed by atoms with Crippen LogP contribution in [0.3, 0.4) is 0 Å². The van der Waals surface area contributed by atoms with Crippen molar-refractivity contribution in [1.29, 1.82) is 0 Å². The van der Waals surface area contributed by atoms with E-state index in [1.54, 1.807) is 13.8 Å². The van der Waals surface area contributed by atoms with Crippen molar-refractivity contribution in [2.45, 2.75) is 32.9 Å². The normalized spacial score (nSPS) is 12.4. The number of carboxylic acid groups (broad SMARTS) is 1. The molecule has 0 aliphatic heterocycles. The highest BCUT2D eigenvalue weighted by Gasteiger charge is 2.22. The molecule has 1 atom stereocenters. The number of carbonyl (C=O) groups is 2. The largest absolute Gasteiger partial charge is 0.480 e. The molecule has 0 saturated heterocycles. The third-order valence-corrected chi connectivity index (χ3v) is 2.28. The molecule has 0 spiro atoms. The summed E-state index contributed by atoms with van der Waals surface area (Å²) < 4.78 is 1.52. The van der Waals surface area contributed by atoms with E-state index in [9.17, 15) is 9.59 Å². The highest BCUT2D eigenvalue weighted by atomic mass is 16.4. The molecule has 0 aromatic carbocycles. The number of carbonyl (C=O) groups excluding carboxylic acids is 1. The van der Waals surface area contributed by atoms with Gasteiger partial charge in [-0.25, -0.2) is 9.78 Å². The molecule has 0 bridgehead atoms. The number of nitrogens with one attached hydrogen (secondary N) is 1. The van der Waals surface area contributed by atoms with Gasteiger partial charge in [-0.05, 0) is 5.92 Å². The minimum Gasteiger partial charge on any atom is -0.480 e. The molecule has 17 heavy (non-hydrogen) atoms. The highest BCUT2D eigenvalue weighted by molar-refractivity contribution is 5.83. The van der Waals surface area contributed by atoms with E-state index in [-0.39, 0.29) is 18.2 Å². The average molecular weight is 240 g/mol. The molecule has 1 aromatic heterocycles. The highest BCUT2D eigenvalue weighted by Crippen LogP contribution is 2.02. The van der Waals surface area contributed by atoms with Gasteiger partial charge in [0.25, 0.3) is 0 Å². The summed E-state index contributed by atoms with van der Waals surface area (Å²) in [7, 11) is 0. The number of hydrogen-bond donors (Lipinski definition) is 2. The topological polar surface area (TPSA) is 97.1 Å². The standard InChI is InChI=1S/C10H16N4O3/c1-7(2)9(10(16)17)13-8(15)3-4-14-6-11-5-12-14/h5-7,9H,3-4H2,1-2H3,(H,13,15)(H,16,17). The van der Waals surface area contributed by atoms with E-state index in [0.29, 0.717) is 6.54 Å². The molecule has 1 aromatic rings. The lowest BCUT2D eigenvalue weighted by molar-refractivity contribution is -0.143. The van der Waals surface area contributed by atoms with E-state index in [0.717, 1.165) is 0 Å². The summed E-state index contributed by atoms with van der Waals surface area (Å²) in [4.78, 5) is 26.1. The Morgan fingerprint density at radius 1 is 1.47 bits per heavy atom. The molecule has 1 rings (SSSR count). The number of hydrogen-bond acceptors (Lipinski definition) is 4. The molecule has 7 heteroatoms. The lowest BCUT2D eigenvalue weighted by Crippen LogP contribution is -2.44. The number of aromatic nitrogens is 3. The first kappa shape index (κ1) is 13.1. The average Bonchev–Trinajstić information content (AvgIpc) is 2.74. The van der Waals surface area contributed by atoms with E-state index in [1.165, 1.54) is 17.3 Å². The van der Waals surface area contributed by atoms with Crippen molar-refractivity contribution in [2.24, 2.45) is 5.92 Å². The van der Waals surface area contributed by atoms with Crippen molar-refractivity contribution < 1.29 is 14.7 Å². The maximum Gasteiger partial charge on any atom is 0.326 e. The number of nitrogens with zero attached hydrogens (tertiary/aromatic N) is 3. The van der Waals surface area contributed by atoms with Crippen LogP contribution in [0.4, 0.5) is 0 Å². The maximum absolute atomic E-state index is 11.5. The zero-order chi connectivity index (χ0) is 12.8. The third-order valence-electron chi connectivity index (χ3n) is 2.28. The fourth-order valence-corrected chi connectivity index (χ4v) is 1.32. The van der Waals surface area contributed by atoms with Crippen molar-refractivity contribution in [3.8, 4) is 0 Å². The SMILES string of the molecule is CC(C)C(NC(=O)CCn1cncn1)C(=O)O. The van der Waals surface area contributed by atoms with Crippen molar-refractivity contribution in [3.63, 3.8) is 0 Å². The minimum absolute atomic E-state index is 0.150. The van der Waals surface area contributed by atoms with Crippen LogP contribution < -0.4 is 5.32 Å². The summed E-state index contributed by atoms with van der Waals surface area (Å²) in [5.41, 5.74) is 0. The van der Waals surface area contributed by atoms with Crippen LogP contribution in [-0.4, -0.2) is 37.8 Å². The molecule has 1 unspecified atom stereocenters. The molecule has 94 valence electrons. The summed E-state index contributed by atoms with van der Waals surface area (Å²) in [5.74, 6) is -1.47. The number of aliphatic carboxylic acids is 1. The number of carboxylic acids is 1. The van der Waals surface area contributed by atoms with E-state index >= 15 is 0 Å². The van der Waals surface area contributed by atoms with Gasteiger partial charge in [-0.15, -0.1) is 0 Å².